The van der Waals surface area contributed by atoms with Crippen LogP contribution in [0.15, 0.2) is 48.5 Å². The number of rotatable bonds is 6. The van der Waals surface area contributed by atoms with Gasteiger partial charge in [0.05, 0.1) is 25.6 Å². The van der Waals surface area contributed by atoms with Crippen molar-refractivity contribution in [3.8, 4) is 0 Å². The van der Waals surface area contributed by atoms with Gasteiger partial charge in [-0.15, -0.1) is 0 Å². The molecule has 1 aliphatic heterocycles. The van der Waals surface area contributed by atoms with E-state index in [-0.39, 0.29) is 11.8 Å². The van der Waals surface area contributed by atoms with E-state index < -0.39 is 0 Å². The first-order valence-electron chi connectivity index (χ1n) is 9.88. The lowest BCUT2D eigenvalue weighted by molar-refractivity contribution is -0.907. The molecule has 1 amide bonds. The quantitative estimate of drug-likeness (QED) is 0.823. The van der Waals surface area contributed by atoms with Gasteiger partial charge in [-0.2, -0.15) is 0 Å². The van der Waals surface area contributed by atoms with Crippen molar-refractivity contribution in [2.24, 2.45) is 5.92 Å². The number of benzene rings is 2. The van der Waals surface area contributed by atoms with Gasteiger partial charge in [0, 0.05) is 12.1 Å². The summed E-state index contributed by atoms with van der Waals surface area (Å²) in [5.41, 5.74) is 4.68. The highest BCUT2D eigenvalue weighted by atomic mass is 16.1. The molecule has 3 heteroatoms. The Kier molecular flexibility index (Phi) is 6.45. The zero-order valence-corrected chi connectivity index (χ0v) is 16.1. The number of aryl methyl sites for hydroxylation is 3. The average Bonchev–Trinajstić information content (AvgIpc) is 2.66. The standard InChI is InChI=1S/C23H30N2O/c1-18-9-6-10-19(2)22(18)24-23(26)21-14-8-16-25(17-21)15-7-13-20-11-4-3-5-12-20/h3-6,9-12,21H,7-8,13-17H2,1-2H3,(H,24,26)/p+1/t21-/m1/s1. The first-order chi connectivity index (χ1) is 12.6. The highest BCUT2D eigenvalue weighted by Crippen LogP contribution is 2.21. The predicted octanol–water partition coefficient (Wildman–Crippen LogP) is 3.17. The summed E-state index contributed by atoms with van der Waals surface area (Å²) < 4.78 is 0. The molecule has 0 aliphatic carbocycles. The van der Waals surface area contributed by atoms with E-state index in [4.69, 9.17) is 0 Å². The van der Waals surface area contributed by atoms with Gasteiger partial charge >= 0.3 is 0 Å². The Labute approximate surface area is 157 Å². The fourth-order valence-corrected chi connectivity index (χ4v) is 4.03. The Morgan fingerprint density at radius 1 is 1.08 bits per heavy atom. The van der Waals surface area contributed by atoms with Crippen molar-refractivity contribution in [3.05, 3.63) is 65.2 Å². The predicted molar refractivity (Wildman–Crippen MR) is 108 cm³/mol. The van der Waals surface area contributed by atoms with Gasteiger partial charge in [-0.25, -0.2) is 0 Å². The Hall–Kier alpha value is -2.13. The molecule has 2 atom stereocenters. The van der Waals surface area contributed by atoms with Crippen molar-refractivity contribution in [2.45, 2.75) is 39.5 Å². The number of quaternary nitrogens is 1. The molecule has 0 saturated carbocycles. The van der Waals surface area contributed by atoms with E-state index in [1.807, 2.05) is 6.07 Å². The third kappa shape index (κ3) is 4.95. The number of hydrogen-bond donors (Lipinski definition) is 2. The molecule has 1 unspecified atom stereocenters. The van der Waals surface area contributed by atoms with Crippen molar-refractivity contribution in [2.75, 3.05) is 25.0 Å². The zero-order chi connectivity index (χ0) is 18.4. The highest BCUT2D eigenvalue weighted by Gasteiger charge is 2.28. The van der Waals surface area contributed by atoms with Crippen LogP contribution in [0, 0.1) is 19.8 Å². The van der Waals surface area contributed by atoms with E-state index in [0.717, 1.165) is 49.2 Å². The first kappa shape index (κ1) is 18.7. The van der Waals surface area contributed by atoms with Crippen LogP contribution in [0.25, 0.3) is 0 Å². The highest BCUT2D eigenvalue weighted by molar-refractivity contribution is 5.94. The van der Waals surface area contributed by atoms with Crippen LogP contribution in [0.1, 0.15) is 36.0 Å². The third-order valence-corrected chi connectivity index (χ3v) is 5.56. The van der Waals surface area contributed by atoms with Crippen LogP contribution in [-0.2, 0) is 11.2 Å². The minimum absolute atomic E-state index is 0.134. The van der Waals surface area contributed by atoms with Gasteiger partial charge in [-0.3, -0.25) is 4.79 Å². The number of nitrogens with one attached hydrogen (secondary N) is 2. The monoisotopic (exact) mass is 351 g/mol. The number of amides is 1. The molecule has 0 radical (unpaired) electrons. The van der Waals surface area contributed by atoms with Crippen LogP contribution in [0.3, 0.4) is 0 Å². The summed E-state index contributed by atoms with van der Waals surface area (Å²) in [6, 6.07) is 16.8. The maximum Gasteiger partial charge on any atom is 0.233 e. The van der Waals surface area contributed by atoms with Crippen LogP contribution in [-0.4, -0.2) is 25.5 Å². The molecule has 1 aliphatic rings. The Balaban J connectivity index is 1.50. The van der Waals surface area contributed by atoms with Crippen molar-refractivity contribution in [1.82, 2.24) is 0 Å². The summed E-state index contributed by atoms with van der Waals surface area (Å²) in [5, 5.41) is 3.20. The molecule has 0 spiro atoms. The average molecular weight is 352 g/mol. The lowest BCUT2D eigenvalue weighted by Crippen LogP contribution is -3.13. The van der Waals surface area contributed by atoms with E-state index in [0.29, 0.717) is 0 Å². The van der Waals surface area contributed by atoms with Gasteiger partial charge in [0.1, 0.15) is 0 Å². The smallest absolute Gasteiger partial charge is 0.233 e. The Morgan fingerprint density at radius 2 is 1.81 bits per heavy atom. The molecule has 0 bridgehead atoms. The number of piperidine rings is 1. The number of hydrogen-bond acceptors (Lipinski definition) is 1. The van der Waals surface area contributed by atoms with Crippen LogP contribution in [0.2, 0.25) is 0 Å². The molecule has 1 saturated heterocycles. The van der Waals surface area contributed by atoms with Gasteiger partial charge in [0.2, 0.25) is 5.91 Å². The molecule has 1 fully saturated rings. The van der Waals surface area contributed by atoms with Gasteiger partial charge < -0.3 is 10.2 Å². The van der Waals surface area contributed by atoms with E-state index in [1.165, 1.54) is 18.5 Å². The van der Waals surface area contributed by atoms with Gasteiger partial charge in [0.25, 0.3) is 0 Å². The minimum atomic E-state index is 0.134. The molecule has 2 N–H and O–H groups in total. The molecule has 26 heavy (non-hydrogen) atoms. The molecule has 2 aromatic rings. The van der Waals surface area contributed by atoms with Crippen molar-refractivity contribution in [1.29, 1.82) is 0 Å². The van der Waals surface area contributed by atoms with Gasteiger partial charge in [-0.1, -0.05) is 48.5 Å². The maximum absolute atomic E-state index is 12.8. The summed E-state index contributed by atoms with van der Waals surface area (Å²) in [6.07, 6.45) is 4.47. The van der Waals surface area contributed by atoms with Crippen LogP contribution < -0.4 is 10.2 Å². The zero-order valence-electron chi connectivity index (χ0n) is 16.1. The number of carbonyl (C=O) groups is 1. The topological polar surface area (TPSA) is 33.5 Å². The molecule has 3 rings (SSSR count). The van der Waals surface area contributed by atoms with Crippen LogP contribution in [0.4, 0.5) is 5.69 Å². The molecule has 3 nitrogen and oxygen atoms in total. The van der Waals surface area contributed by atoms with Crippen LogP contribution >= 0.6 is 0 Å². The second-order valence-electron chi connectivity index (χ2n) is 7.64. The molecular weight excluding hydrogens is 320 g/mol. The molecule has 138 valence electrons. The lowest BCUT2D eigenvalue weighted by atomic mass is 9.96. The van der Waals surface area contributed by atoms with Crippen LogP contribution in [0.5, 0.6) is 0 Å². The number of para-hydroxylation sites is 1. The minimum Gasteiger partial charge on any atom is -0.334 e. The largest absolute Gasteiger partial charge is 0.334 e. The van der Waals surface area contributed by atoms with E-state index in [2.05, 4.69) is 61.6 Å². The second-order valence-corrected chi connectivity index (χ2v) is 7.64. The normalized spacial score (nSPS) is 19.9. The number of likely N-dealkylation sites (tertiary alicyclic amines) is 1. The lowest BCUT2D eigenvalue weighted by Gasteiger charge is -2.29. The molecule has 1 heterocycles. The summed E-state index contributed by atoms with van der Waals surface area (Å²) in [4.78, 5) is 14.4. The molecular formula is C23H31N2O+. The summed E-state index contributed by atoms with van der Waals surface area (Å²) in [6.45, 7) is 7.44. The summed E-state index contributed by atoms with van der Waals surface area (Å²) in [5.74, 6) is 0.331. The summed E-state index contributed by atoms with van der Waals surface area (Å²) in [7, 11) is 0. The van der Waals surface area contributed by atoms with E-state index in [1.54, 1.807) is 4.90 Å². The molecule has 0 aromatic heterocycles. The summed E-state index contributed by atoms with van der Waals surface area (Å²) >= 11 is 0. The Bertz CT molecular complexity index is 706. The van der Waals surface area contributed by atoms with Crippen molar-refractivity contribution in [3.63, 3.8) is 0 Å². The second kappa shape index (κ2) is 9.00. The fraction of sp³-hybridized carbons (Fsp3) is 0.435. The van der Waals surface area contributed by atoms with E-state index >= 15 is 0 Å². The number of carbonyl (C=O) groups excluding carboxylic acids is 1. The van der Waals surface area contributed by atoms with Crippen molar-refractivity contribution < 1.29 is 9.69 Å². The van der Waals surface area contributed by atoms with E-state index in [9.17, 15) is 4.79 Å². The fourth-order valence-electron chi connectivity index (χ4n) is 4.03. The Morgan fingerprint density at radius 3 is 2.54 bits per heavy atom. The van der Waals surface area contributed by atoms with Gasteiger partial charge in [0.15, 0.2) is 0 Å². The third-order valence-electron chi connectivity index (χ3n) is 5.56. The van der Waals surface area contributed by atoms with Crippen molar-refractivity contribution >= 4 is 11.6 Å². The first-order valence-corrected chi connectivity index (χ1v) is 9.88. The van der Waals surface area contributed by atoms with Gasteiger partial charge in [-0.05, 0) is 49.8 Å². The maximum atomic E-state index is 12.8. The number of anilines is 1. The SMILES string of the molecule is Cc1cccc(C)c1NC(=O)[C@@H]1CCC[NH+](CCCc2ccccc2)C1. The molecule has 2 aromatic carbocycles.